The first-order valence-corrected chi connectivity index (χ1v) is 6.08. The van der Waals surface area contributed by atoms with E-state index >= 15 is 0 Å². The van der Waals surface area contributed by atoms with Crippen LogP contribution in [-0.2, 0) is 6.42 Å². The van der Waals surface area contributed by atoms with Gasteiger partial charge in [0.1, 0.15) is 5.82 Å². The number of aromatic amines is 1. The number of H-pyrrole nitrogens is 1. The van der Waals surface area contributed by atoms with Gasteiger partial charge in [-0.15, -0.1) is 0 Å². The van der Waals surface area contributed by atoms with E-state index in [1.54, 1.807) is 6.07 Å². The predicted octanol–water partition coefficient (Wildman–Crippen LogP) is 2.54. The van der Waals surface area contributed by atoms with Crippen LogP contribution in [0.2, 0.25) is 0 Å². The summed E-state index contributed by atoms with van der Waals surface area (Å²) >= 11 is 0. The van der Waals surface area contributed by atoms with Crippen LogP contribution in [0.15, 0.2) is 29.1 Å². The lowest BCUT2D eigenvalue weighted by atomic mass is 10.2. The van der Waals surface area contributed by atoms with Crippen molar-refractivity contribution in [1.29, 1.82) is 0 Å². The molecule has 0 amide bonds. The lowest BCUT2D eigenvalue weighted by Crippen LogP contribution is -2.10. The fourth-order valence-corrected chi connectivity index (χ4v) is 1.84. The quantitative estimate of drug-likeness (QED) is 0.921. The maximum atomic E-state index is 13.6. The highest BCUT2D eigenvalue weighted by molar-refractivity contribution is 5.56. The van der Waals surface area contributed by atoms with Crippen molar-refractivity contribution in [1.82, 2.24) is 9.97 Å². The maximum absolute atomic E-state index is 13.6. The van der Waals surface area contributed by atoms with E-state index in [0.717, 1.165) is 12.8 Å². The van der Waals surface area contributed by atoms with Gasteiger partial charge in [-0.1, -0.05) is 13.3 Å². The Hall–Kier alpha value is -2.17. The van der Waals surface area contributed by atoms with Gasteiger partial charge in [-0.3, -0.25) is 4.79 Å². The van der Waals surface area contributed by atoms with Crippen LogP contribution in [0.25, 0.3) is 11.4 Å². The number of hydrogen-bond acceptors (Lipinski definition) is 3. The van der Waals surface area contributed by atoms with E-state index < -0.39 is 5.82 Å². The van der Waals surface area contributed by atoms with Crippen LogP contribution in [0, 0.1) is 5.82 Å². The van der Waals surface area contributed by atoms with Crippen LogP contribution < -0.4 is 10.3 Å². The van der Waals surface area contributed by atoms with Crippen molar-refractivity contribution in [2.75, 3.05) is 7.11 Å². The lowest BCUT2D eigenvalue weighted by Gasteiger charge is -2.06. The highest BCUT2D eigenvalue weighted by Gasteiger charge is 2.08. The summed E-state index contributed by atoms with van der Waals surface area (Å²) in [4.78, 5) is 18.5. The van der Waals surface area contributed by atoms with Gasteiger partial charge in [-0.25, -0.2) is 9.37 Å². The third kappa shape index (κ3) is 2.99. The van der Waals surface area contributed by atoms with Gasteiger partial charge in [0.2, 0.25) is 0 Å². The molecule has 0 atom stereocenters. The van der Waals surface area contributed by atoms with E-state index in [-0.39, 0.29) is 11.3 Å². The molecular weight excluding hydrogens is 247 g/mol. The molecule has 0 unspecified atom stereocenters. The second-order valence-electron chi connectivity index (χ2n) is 4.18. The average molecular weight is 262 g/mol. The summed E-state index contributed by atoms with van der Waals surface area (Å²) < 4.78 is 18.5. The molecule has 2 rings (SSSR count). The van der Waals surface area contributed by atoms with Crippen molar-refractivity contribution in [2.24, 2.45) is 0 Å². The van der Waals surface area contributed by atoms with Gasteiger partial charge >= 0.3 is 0 Å². The fraction of sp³-hybridized carbons (Fsp3) is 0.286. The monoisotopic (exact) mass is 262 g/mol. The summed E-state index contributed by atoms with van der Waals surface area (Å²) in [5, 5.41) is 0. The lowest BCUT2D eigenvalue weighted by molar-refractivity contribution is 0.386. The van der Waals surface area contributed by atoms with Crippen LogP contribution in [0.3, 0.4) is 0 Å². The maximum Gasteiger partial charge on any atom is 0.251 e. The zero-order valence-electron chi connectivity index (χ0n) is 10.9. The first-order valence-electron chi connectivity index (χ1n) is 6.08. The summed E-state index contributed by atoms with van der Waals surface area (Å²) in [6, 6.07) is 5.94. The Bertz CT molecular complexity index is 638. The number of aromatic nitrogens is 2. The molecule has 0 radical (unpaired) electrons. The number of nitrogens with zero attached hydrogens (tertiary/aromatic N) is 1. The molecule has 100 valence electrons. The highest BCUT2D eigenvalue weighted by Crippen LogP contribution is 2.22. The predicted molar refractivity (Wildman–Crippen MR) is 70.8 cm³/mol. The second-order valence-corrected chi connectivity index (χ2v) is 4.18. The molecule has 0 bridgehead atoms. The number of hydrogen-bond donors (Lipinski definition) is 1. The van der Waals surface area contributed by atoms with Gasteiger partial charge in [0, 0.05) is 17.3 Å². The largest absolute Gasteiger partial charge is 0.494 e. The Balaban J connectivity index is 2.46. The van der Waals surface area contributed by atoms with Crippen molar-refractivity contribution in [3.8, 4) is 17.1 Å². The van der Waals surface area contributed by atoms with Crippen LogP contribution in [0.1, 0.15) is 19.0 Å². The molecule has 0 saturated carbocycles. The minimum atomic E-state index is -0.483. The van der Waals surface area contributed by atoms with Gasteiger partial charge in [0.25, 0.3) is 5.56 Å². The topological polar surface area (TPSA) is 55.0 Å². The fourth-order valence-electron chi connectivity index (χ4n) is 1.84. The Kier molecular flexibility index (Phi) is 3.94. The molecule has 1 aromatic carbocycles. The summed E-state index contributed by atoms with van der Waals surface area (Å²) in [7, 11) is 1.40. The summed E-state index contributed by atoms with van der Waals surface area (Å²) in [6.07, 6.45) is 1.61. The summed E-state index contributed by atoms with van der Waals surface area (Å²) in [5.74, 6) is 0.0526. The van der Waals surface area contributed by atoms with E-state index in [4.69, 9.17) is 4.74 Å². The van der Waals surface area contributed by atoms with Crippen molar-refractivity contribution >= 4 is 0 Å². The Morgan fingerprint density at radius 1 is 1.37 bits per heavy atom. The minimum absolute atomic E-state index is 0.163. The Morgan fingerprint density at radius 2 is 2.16 bits per heavy atom. The number of rotatable bonds is 4. The number of benzene rings is 1. The molecule has 0 fully saturated rings. The third-order valence-electron chi connectivity index (χ3n) is 2.73. The number of ether oxygens (including phenoxy) is 1. The van der Waals surface area contributed by atoms with Crippen LogP contribution >= 0.6 is 0 Å². The van der Waals surface area contributed by atoms with Crippen molar-refractivity contribution in [3.05, 3.63) is 46.1 Å². The minimum Gasteiger partial charge on any atom is -0.494 e. The van der Waals surface area contributed by atoms with Crippen LogP contribution in [0.5, 0.6) is 5.75 Å². The Morgan fingerprint density at radius 3 is 2.79 bits per heavy atom. The molecule has 1 N–H and O–H groups in total. The van der Waals surface area contributed by atoms with Gasteiger partial charge in [0.15, 0.2) is 11.6 Å². The van der Waals surface area contributed by atoms with E-state index in [1.165, 1.54) is 25.3 Å². The normalized spacial score (nSPS) is 10.5. The molecule has 0 aliphatic rings. The molecule has 1 heterocycles. The van der Waals surface area contributed by atoms with Crippen LogP contribution in [0.4, 0.5) is 4.39 Å². The van der Waals surface area contributed by atoms with E-state index in [9.17, 15) is 9.18 Å². The Labute approximate surface area is 110 Å². The molecule has 2 aromatic rings. The van der Waals surface area contributed by atoms with E-state index in [2.05, 4.69) is 9.97 Å². The van der Waals surface area contributed by atoms with Gasteiger partial charge in [-0.2, -0.15) is 0 Å². The number of nitrogens with one attached hydrogen (secondary N) is 1. The zero-order chi connectivity index (χ0) is 13.8. The van der Waals surface area contributed by atoms with Crippen molar-refractivity contribution in [2.45, 2.75) is 19.8 Å². The number of halogens is 1. The average Bonchev–Trinajstić information content (AvgIpc) is 2.38. The smallest absolute Gasteiger partial charge is 0.251 e. The van der Waals surface area contributed by atoms with Crippen molar-refractivity contribution in [3.63, 3.8) is 0 Å². The van der Waals surface area contributed by atoms with Gasteiger partial charge in [0.05, 0.1) is 7.11 Å². The molecule has 0 aliphatic heterocycles. The highest BCUT2D eigenvalue weighted by atomic mass is 19.1. The third-order valence-corrected chi connectivity index (χ3v) is 2.73. The molecule has 19 heavy (non-hydrogen) atoms. The zero-order valence-corrected chi connectivity index (χ0v) is 10.9. The van der Waals surface area contributed by atoms with E-state index in [1.807, 2.05) is 6.92 Å². The van der Waals surface area contributed by atoms with Crippen LogP contribution in [-0.4, -0.2) is 17.1 Å². The molecule has 1 aromatic heterocycles. The molecule has 0 spiro atoms. The molecule has 0 aliphatic carbocycles. The number of aryl methyl sites for hydroxylation is 1. The number of methoxy groups -OCH3 is 1. The molecular formula is C14H15FN2O2. The summed E-state index contributed by atoms with van der Waals surface area (Å²) in [6.45, 7) is 2.01. The molecule has 4 nitrogen and oxygen atoms in total. The SMILES string of the molecule is CCCc1cc(=O)[nH]c(-c2ccc(OC)c(F)c2)n1. The first-order chi connectivity index (χ1) is 9.13. The second kappa shape index (κ2) is 5.65. The first kappa shape index (κ1) is 13.3. The summed E-state index contributed by atoms with van der Waals surface area (Å²) in [5.41, 5.74) is 0.996. The van der Waals surface area contributed by atoms with E-state index in [0.29, 0.717) is 17.1 Å². The van der Waals surface area contributed by atoms with Gasteiger partial charge < -0.3 is 9.72 Å². The molecule has 0 saturated heterocycles. The standard InChI is InChI=1S/C14H15FN2O2/c1-3-4-10-8-13(18)17-14(16-10)9-5-6-12(19-2)11(15)7-9/h5-8H,3-4H2,1-2H3,(H,16,17,18). The molecule has 5 heteroatoms. The van der Waals surface area contributed by atoms with Gasteiger partial charge in [-0.05, 0) is 24.6 Å². The van der Waals surface area contributed by atoms with Crippen molar-refractivity contribution < 1.29 is 9.13 Å².